The molecule has 4 rings (SSSR count). The van der Waals surface area contributed by atoms with Gasteiger partial charge in [0.25, 0.3) is 10.1 Å². The van der Waals surface area contributed by atoms with Crippen LogP contribution in [-0.4, -0.2) is 50.8 Å². The van der Waals surface area contributed by atoms with Gasteiger partial charge >= 0.3 is 20.4 Å². The van der Waals surface area contributed by atoms with E-state index in [0.717, 1.165) is 28.3 Å². The Balaban J connectivity index is 0.000000596. The van der Waals surface area contributed by atoms with Crippen molar-refractivity contribution in [1.82, 2.24) is 0 Å². The Hall–Kier alpha value is -2.72. The minimum Gasteiger partial charge on any atom is -0.694 e. The molecule has 0 heterocycles. The van der Waals surface area contributed by atoms with Crippen molar-refractivity contribution in [3.8, 4) is 33.8 Å². The second kappa shape index (κ2) is 21.0. The first kappa shape index (κ1) is 49.3. The van der Waals surface area contributed by atoms with Gasteiger partial charge in [0, 0.05) is 10.9 Å². The van der Waals surface area contributed by atoms with E-state index < -0.39 is 18.0 Å². The van der Waals surface area contributed by atoms with E-state index in [4.69, 9.17) is 14.0 Å². The molecule has 0 bridgehead atoms. The van der Waals surface area contributed by atoms with Crippen LogP contribution < -0.4 is 14.8 Å². The minimum atomic E-state index is -3.67. The molecule has 0 radical (unpaired) electrons. The van der Waals surface area contributed by atoms with Crippen molar-refractivity contribution < 1.29 is 42.9 Å². The van der Waals surface area contributed by atoms with Crippen molar-refractivity contribution >= 4 is 29.0 Å². The van der Waals surface area contributed by atoms with Crippen LogP contribution in [0.4, 0.5) is 5.69 Å². The number of nitrogens with zero attached hydrogens (tertiary/aromatic N) is 1. The van der Waals surface area contributed by atoms with Crippen LogP contribution in [0.1, 0.15) is 118 Å². The standard InChI is InChI=1S/C31H49O2P.C13H11N.CH4O3S.Pd/c1-19(2)22-17-23(20(3)4)27(24(18-22)21(5)6)28-25(32-13)15-16-26(33-14)29(28)34(30(7,8)9)31(10,11)12;1-14-13-10-6-5-9-12(13)11-7-3-2-4-8-11;1-5(2,3)4;/h15-21H,1-14H3;2-7,9-10H,1H3;1H3,(H,2,3,4);/q;-2;;+2. The summed E-state index contributed by atoms with van der Waals surface area (Å²) in [7, 11) is 1.13. The molecular formula is C45H64NO5PPdS. The second-order valence-electron chi connectivity index (χ2n) is 16.2. The average Bonchev–Trinajstić information content (AvgIpc) is 3.06. The fourth-order valence-electron chi connectivity index (χ4n) is 6.73. The predicted molar refractivity (Wildman–Crippen MR) is 230 cm³/mol. The molecule has 0 aliphatic rings. The summed E-state index contributed by atoms with van der Waals surface area (Å²) in [6, 6.07) is 28.3. The van der Waals surface area contributed by atoms with Gasteiger partial charge in [-0.25, -0.2) is 0 Å². The fourth-order valence-corrected chi connectivity index (χ4v) is 10.9. The Morgan fingerprint density at radius 3 is 1.57 bits per heavy atom. The molecule has 0 aliphatic carbocycles. The van der Waals surface area contributed by atoms with Crippen molar-refractivity contribution in [2.24, 2.45) is 0 Å². The molecule has 9 heteroatoms. The van der Waals surface area contributed by atoms with E-state index in [9.17, 15) is 8.42 Å². The molecule has 1 N–H and O–H groups in total. The van der Waals surface area contributed by atoms with Gasteiger partial charge in [-0.2, -0.15) is 14.1 Å². The number of benzene rings is 4. The van der Waals surface area contributed by atoms with Crippen LogP contribution in [0.2, 0.25) is 0 Å². The van der Waals surface area contributed by atoms with E-state index in [2.05, 4.69) is 125 Å². The molecule has 0 aliphatic heterocycles. The Bertz CT molecular complexity index is 1830. The summed E-state index contributed by atoms with van der Waals surface area (Å²) in [4.78, 5) is 0. The van der Waals surface area contributed by atoms with E-state index in [1.165, 1.54) is 33.1 Å². The first-order valence-electron chi connectivity index (χ1n) is 18.3. The zero-order chi connectivity index (χ0) is 40.5. The van der Waals surface area contributed by atoms with Crippen LogP contribution in [0.3, 0.4) is 0 Å². The van der Waals surface area contributed by atoms with Gasteiger partial charge in [0.1, 0.15) is 11.5 Å². The maximum Gasteiger partial charge on any atom is 2.00 e. The van der Waals surface area contributed by atoms with Crippen LogP contribution in [0, 0.1) is 6.07 Å². The van der Waals surface area contributed by atoms with Crippen molar-refractivity contribution in [1.29, 1.82) is 0 Å². The number of methoxy groups -OCH3 is 2. The molecule has 0 spiro atoms. The average molecular weight is 868 g/mol. The summed E-state index contributed by atoms with van der Waals surface area (Å²) in [5.74, 6) is 3.19. The molecule has 6 nitrogen and oxygen atoms in total. The molecule has 0 aromatic heterocycles. The van der Waals surface area contributed by atoms with Crippen LogP contribution in [0.15, 0.2) is 72.8 Å². The Labute approximate surface area is 343 Å². The molecule has 4 aromatic rings. The third-order valence-electron chi connectivity index (χ3n) is 8.63. The summed E-state index contributed by atoms with van der Waals surface area (Å²) in [6.07, 6.45) is 0.715. The monoisotopic (exact) mass is 867 g/mol. The van der Waals surface area contributed by atoms with Gasteiger partial charge in [-0.1, -0.05) is 127 Å². The zero-order valence-electron chi connectivity index (χ0n) is 35.4. The van der Waals surface area contributed by atoms with Crippen molar-refractivity contribution in [3.05, 3.63) is 101 Å². The number of rotatable bonds is 9. The second-order valence-corrected chi connectivity index (χ2v) is 21.4. The van der Waals surface area contributed by atoms with Crippen LogP contribution >= 0.6 is 7.92 Å². The maximum absolute atomic E-state index is 9.19. The summed E-state index contributed by atoms with van der Waals surface area (Å²) in [6.45, 7) is 28.1. The molecule has 0 atom stereocenters. The largest absolute Gasteiger partial charge is 2.00 e. The summed E-state index contributed by atoms with van der Waals surface area (Å²) in [5, 5.41) is 5.74. The van der Waals surface area contributed by atoms with E-state index in [1.54, 1.807) is 7.11 Å². The molecule has 0 saturated carbocycles. The van der Waals surface area contributed by atoms with E-state index in [-0.39, 0.29) is 30.7 Å². The number of hydrogen-bond acceptors (Lipinski definition) is 4. The van der Waals surface area contributed by atoms with E-state index >= 15 is 0 Å². The molecule has 0 fully saturated rings. The SMILES string of the molecule is COc1ccc(OC)c(P(C(C)(C)C)C(C)(C)C)c1-c1c(C(C)C)cc(C(C)C)cc1C(C)C.CS(=O)(=O)O.C[N-]c1ccccc1-c1[c-]cccc1.[Pd+2]. The smallest absolute Gasteiger partial charge is 0.694 e. The summed E-state index contributed by atoms with van der Waals surface area (Å²) in [5.41, 5.74) is 10.0. The minimum absolute atomic E-state index is 0. The first-order chi connectivity index (χ1) is 24.5. The van der Waals surface area contributed by atoms with Gasteiger partial charge in [-0.3, -0.25) is 4.55 Å². The summed E-state index contributed by atoms with van der Waals surface area (Å²) >= 11 is 0. The third kappa shape index (κ3) is 13.8. The molecule has 0 amide bonds. The molecule has 300 valence electrons. The third-order valence-corrected chi connectivity index (χ3v) is 12.2. The molecule has 54 heavy (non-hydrogen) atoms. The normalized spacial score (nSPS) is 11.7. The van der Waals surface area contributed by atoms with E-state index in [1.807, 2.05) is 56.6 Å². The Morgan fingerprint density at radius 1 is 0.722 bits per heavy atom. The maximum atomic E-state index is 9.19. The van der Waals surface area contributed by atoms with Crippen LogP contribution in [0.25, 0.3) is 27.6 Å². The predicted octanol–water partition coefficient (Wildman–Crippen LogP) is 12.7. The van der Waals surface area contributed by atoms with Crippen molar-refractivity contribution in [2.45, 2.75) is 111 Å². The number of hydrogen-bond donors (Lipinski definition) is 1. The van der Waals surface area contributed by atoms with Crippen LogP contribution in [-0.2, 0) is 30.5 Å². The Morgan fingerprint density at radius 2 is 1.19 bits per heavy atom. The van der Waals surface area contributed by atoms with Gasteiger partial charge in [0.2, 0.25) is 0 Å². The van der Waals surface area contributed by atoms with Crippen molar-refractivity contribution in [2.75, 3.05) is 27.5 Å². The van der Waals surface area contributed by atoms with Gasteiger partial charge in [-0.05, 0) is 62.5 Å². The fraction of sp³-hybridized carbons (Fsp3) is 0.467. The van der Waals surface area contributed by atoms with Crippen molar-refractivity contribution in [3.63, 3.8) is 0 Å². The van der Waals surface area contributed by atoms with Gasteiger partial charge in [-0.15, -0.1) is 48.5 Å². The van der Waals surface area contributed by atoms with Crippen LogP contribution in [0.5, 0.6) is 11.5 Å². The first-order valence-corrected chi connectivity index (χ1v) is 21.5. The Kier molecular flexibility index (Phi) is 19.2. The topological polar surface area (TPSA) is 86.9 Å². The molecule has 4 aromatic carbocycles. The quantitative estimate of drug-likeness (QED) is 0.0784. The number of ether oxygens (including phenoxy) is 2. The summed E-state index contributed by atoms with van der Waals surface area (Å²) < 4.78 is 38.1. The zero-order valence-corrected chi connectivity index (χ0v) is 38.6. The van der Waals surface area contributed by atoms with Gasteiger partial charge in [0.05, 0.1) is 20.5 Å². The molecule has 0 saturated heterocycles. The molecule has 0 unspecified atom stereocenters. The van der Waals surface area contributed by atoms with Gasteiger partial charge in [0.15, 0.2) is 0 Å². The number of para-hydroxylation sites is 1. The van der Waals surface area contributed by atoms with E-state index in [0.29, 0.717) is 24.0 Å². The molecular weight excluding hydrogens is 804 g/mol. The van der Waals surface area contributed by atoms with Gasteiger partial charge < -0.3 is 14.8 Å².